The summed E-state index contributed by atoms with van der Waals surface area (Å²) in [5.74, 6) is 1.41. The Bertz CT molecular complexity index is 746. The molecule has 2 saturated heterocycles. The monoisotopic (exact) mass is 338 g/mol. The van der Waals surface area contributed by atoms with E-state index in [0.717, 1.165) is 50.3 Å². The van der Waals surface area contributed by atoms with Gasteiger partial charge in [-0.3, -0.25) is 9.69 Å². The summed E-state index contributed by atoms with van der Waals surface area (Å²) in [6.45, 7) is 2.93. The number of nitrogens with zero attached hydrogens (tertiary/aromatic N) is 4. The van der Waals surface area contributed by atoms with Crippen LogP contribution in [0.4, 0.5) is 0 Å². The Hall–Kier alpha value is -2.14. The molecule has 1 atom stereocenters. The maximum absolute atomic E-state index is 12.9. The van der Waals surface area contributed by atoms with Crippen molar-refractivity contribution in [1.82, 2.24) is 19.4 Å². The molecular weight excluding hydrogens is 312 g/mol. The van der Waals surface area contributed by atoms with Gasteiger partial charge >= 0.3 is 0 Å². The van der Waals surface area contributed by atoms with E-state index in [1.807, 2.05) is 49.6 Å². The molecule has 4 rings (SSSR count). The van der Waals surface area contributed by atoms with Crippen LogP contribution in [0.2, 0.25) is 0 Å². The van der Waals surface area contributed by atoms with Gasteiger partial charge < -0.3 is 9.47 Å². The summed E-state index contributed by atoms with van der Waals surface area (Å²) < 4.78 is 2.08. The molecule has 2 aliphatic rings. The molecule has 0 bridgehead atoms. The van der Waals surface area contributed by atoms with E-state index in [2.05, 4.69) is 26.6 Å². The van der Waals surface area contributed by atoms with Gasteiger partial charge in [-0.25, -0.2) is 4.98 Å². The number of aryl methyl sites for hydroxylation is 1. The van der Waals surface area contributed by atoms with Gasteiger partial charge in [-0.15, -0.1) is 0 Å². The second-order valence-corrected chi connectivity index (χ2v) is 7.52. The lowest BCUT2D eigenvalue weighted by molar-refractivity contribution is -0.131. The minimum atomic E-state index is 0.0206. The lowest BCUT2D eigenvalue weighted by atomic mass is 9.81. The van der Waals surface area contributed by atoms with Gasteiger partial charge in [0, 0.05) is 45.1 Å². The fraction of sp³-hybridized carbons (Fsp3) is 0.500. The van der Waals surface area contributed by atoms with Gasteiger partial charge in [0.2, 0.25) is 5.91 Å². The quantitative estimate of drug-likeness (QED) is 0.863. The van der Waals surface area contributed by atoms with E-state index >= 15 is 0 Å². The molecule has 5 heteroatoms. The number of likely N-dealkylation sites (N-methyl/N-ethyl adjacent to an activating group) is 1. The van der Waals surface area contributed by atoms with Gasteiger partial charge in [0.15, 0.2) is 0 Å². The highest BCUT2D eigenvalue weighted by molar-refractivity contribution is 5.87. The molecule has 1 spiro atoms. The molecule has 25 heavy (non-hydrogen) atoms. The van der Waals surface area contributed by atoms with E-state index in [0.29, 0.717) is 0 Å². The Morgan fingerprint density at radius 1 is 1.16 bits per heavy atom. The SMILES string of the molecule is CN1C(=O)[C@@H](c2ccccc2)CC12CCN(Cc1nccn1C)CC2. The predicted octanol–water partition coefficient (Wildman–Crippen LogP) is 2.40. The fourth-order valence-electron chi connectivity index (χ4n) is 4.43. The molecular formula is C20H26N4O. The van der Waals surface area contributed by atoms with E-state index in [1.54, 1.807) is 0 Å². The third kappa shape index (κ3) is 2.86. The predicted molar refractivity (Wildman–Crippen MR) is 97.0 cm³/mol. The lowest BCUT2D eigenvalue weighted by Gasteiger charge is -2.43. The number of amides is 1. The Kier molecular flexibility index (Phi) is 4.12. The van der Waals surface area contributed by atoms with Crippen LogP contribution in [0.5, 0.6) is 0 Å². The van der Waals surface area contributed by atoms with E-state index in [4.69, 9.17) is 0 Å². The standard InChI is InChI=1S/C20H26N4O/c1-22-13-10-21-18(22)15-24-11-8-20(9-12-24)14-17(19(25)23(20)2)16-6-4-3-5-7-16/h3-7,10,13,17H,8-9,11-12,14-15H2,1-2H3/t17-/m1/s1. The molecule has 2 aliphatic heterocycles. The molecule has 0 radical (unpaired) electrons. The number of imidazole rings is 1. The van der Waals surface area contributed by atoms with Gasteiger partial charge in [0.1, 0.15) is 5.82 Å². The van der Waals surface area contributed by atoms with Gasteiger partial charge in [-0.05, 0) is 24.8 Å². The summed E-state index contributed by atoms with van der Waals surface area (Å²) >= 11 is 0. The van der Waals surface area contributed by atoms with Crippen LogP contribution in [0.1, 0.15) is 36.6 Å². The molecule has 1 aromatic carbocycles. The van der Waals surface area contributed by atoms with Crippen molar-refractivity contribution in [3.8, 4) is 0 Å². The summed E-state index contributed by atoms with van der Waals surface area (Å²) in [7, 11) is 4.04. The first-order valence-electron chi connectivity index (χ1n) is 9.10. The lowest BCUT2D eigenvalue weighted by Crippen LogP contribution is -2.51. The van der Waals surface area contributed by atoms with E-state index in [-0.39, 0.29) is 17.4 Å². The van der Waals surface area contributed by atoms with Crippen LogP contribution in [-0.2, 0) is 18.4 Å². The smallest absolute Gasteiger partial charge is 0.230 e. The van der Waals surface area contributed by atoms with Crippen LogP contribution >= 0.6 is 0 Å². The van der Waals surface area contributed by atoms with Crippen molar-refractivity contribution in [1.29, 1.82) is 0 Å². The normalized spacial score (nSPS) is 23.5. The fourth-order valence-corrected chi connectivity index (χ4v) is 4.43. The summed E-state index contributed by atoms with van der Waals surface area (Å²) in [5.41, 5.74) is 1.18. The second-order valence-electron chi connectivity index (χ2n) is 7.52. The van der Waals surface area contributed by atoms with Crippen molar-refractivity contribution in [2.75, 3.05) is 20.1 Å². The number of hydrogen-bond donors (Lipinski definition) is 0. The molecule has 1 amide bonds. The topological polar surface area (TPSA) is 41.4 Å². The van der Waals surface area contributed by atoms with E-state index < -0.39 is 0 Å². The maximum Gasteiger partial charge on any atom is 0.230 e. The Morgan fingerprint density at radius 3 is 2.52 bits per heavy atom. The highest BCUT2D eigenvalue weighted by atomic mass is 16.2. The van der Waals surface area contributed by atoms with Crippen molar-refractivity contribution >= 4 is 5.91 Å². The van der Waals surface area contributed by atoms with Crippen molar-refractivity contribution < 1.29 is 4.79 Å². The number of aromatic nitrogens is 2. The highest BCUT2D eigenvalue weighted by Crippen LogP contribution is 2.44. The van der Waals surface area contributed by atoms with Crippen molar-refractivity contribution in [2.24, 2.45) is 7.05 Å². The zero-order valence-electron chi connectivity index (χ0n) is 15.1. The number of hydrogen-bond acceptors (Lipinski definition) is 3. The zero-order chi connectivity index (χ0) is 17.4. The summed E-state index contributed by atoms with van der Waals surface area (Å²) in [5, 5.41) is 0. The highest BCUT2D eigenvalue weighted by Gasteiger charge is 2.50. The van der Waals surface area contributed by atoms with Crippen molar-refractivity contribution in [3.63, 3.8) is 0 Å². The Labute approximate surface area is 149 Å². The first kappa shape index (κ1) is 16.3. The molecule has 1 aromatic heterocycles. The van der Waals surface area contributed by atoms with Crippen molar-refractivity contribution in [2.45, 2.75) is 37.3 Å². The van der Waals surface area contributed by atoms with Gasteiger partial charge in [0.05, 0.1) is 12.5 Å². The van der Waals surface area contributed by atoms with Crippen LogP contribution < -0.4 is 0 Å². The van der Waals surface area contributed by atoms with Crippen molar-refractivity contribution in [3.05, 3.63) is 54.1 Å². The van der Waals surface area contributed by atoms with Crippen LogP contribution in [0, 0.1) is 0 Å². The summed E-state index contributed by atoms with van der Waals surface area (Å²) in [6.07, 6.45) is 6.89. The van der Waals surface area contributed by atoms with Gasteiger partial charge in [0.25, 0.3) is 0 Å². The molecule has 0 saturated carbocycles. The Morgan fingerprint density at radius 2 is 1.88 bits per heavy atom. The third-order valence-corrected chi connectivity index (χ3v) is 6.20. The minimum Gasteiger partial charge on any atom is -0.339 e. The maximum atomic E-state index is 12.9. The molecule has 5 nitrogen and oxygen atoms in total. The van der Waals surface area contributed by atoms with Crippen LogP contribution in [0.25, 0.3) is 0 Å². The molecule has 0 aliphatic carbocycles. The molecule has 132 valence electrons. The van der Waals surface area contributed by atoms with Gasteiger partial charge in [-0.1, -0.05) is 30.3 Å². The first-order valence-corrected chi connectivity index (χ1v) is 9.10. The molecule has 2 fully saturated rings. The average Bonchev–Trinajstić information content (AvgIpc) is 3.15. The molecule has 0 unspecified atom stereocenters. The number of carbonyl (C=O) groups is 1. The van der Waals surface area contributed by atoms with E-state index in [9.17, 15) is 4.79 Å². The Balaban J connectivity index is 1.45. The largest absolute Gasteiger partial charge is 0.339 e. The second kappa shape index (κ2) is 6.30. The number of likely N-dealkylation sites (tertiary alicyclic amines) is 2. The third-order valence-electron chi connectivity index (χ3n) is 6.20. The minimum absolute atomic E-state index is 0.0206. The summed E-state index contributed by atoms with van der Waals surface area (Å²) in [6, 6.07) is 10.3. The first-order chi connectivity index (χ1) is 12.1. The number of piperidine rings is 1. The number of rotatable bonds is 3. The molecule has 3 heterocycles. The van der Waals surface area contributed by atoms with Crippen LogP contribution in [0.15, 0.2) is 42.7 Å². The average molecular weight is 338 g/mol. The number of benzene rings is 1. The van der Waals surface area contributed by atoms with Gasteiger partial charge in [-0.2, -0.15) is 0 Å². The molecule has 0 N–H and O–H groups in total. The van der Waals surface area contributed by atoms with Crippen LogP contribution in [-0.4, -0.2) is 50.9 Å². The zero-order valence-corrected chi connectivity index (χ0v) is 15.1. The van der Waals surface area contributed by atoms with Crippen LogP contribution in [0.3, 0.4) is 0 Å². The van der Waals surface area contributed by atoms with E-state index in [1.165, 1.54) is 0 Å². The molecule has 2 aromatic rings. The number of carbonyl (C=O) groups excluding carboxylic acids is 1. The summed E-state index contributed by atoms with van der Waals surface area (Å²) in [4.78, 5) is 21.8.